The Labute approximate surface area is 200 Å². The van der Waals surface area contributed by atoms with Crippen molar-refractivity contribution in [3.05, 3.63) is 64.4 Å². The first-order chi connectivity index (χ1) is 16.3. The molecule has 0 radical (unpaired) electrons. The molecule has 1 heterocycles. The van der Waals surface area contributed by atoms with Crippen LogP contribution in [0.2, 0.25) is 0 Å². The number of carbonyl (C=O) groups is 3. The highest BCUT2D eigenvalue weighted by molar-refractivity contribution is 8.00. The number of thioether (sulfide) groups is 1. The molecule has 1 unspecified atom stereocenters. The molecule has 0 saturated carbocycles. The van der Waals surface area contributed by atoms with E-state index in [1.165, 1.54) is 6.92 Å². The van der Waals surface area contributed by atoms with Gasteiger partial charge in [-0.2, -0.15) is 0 Å². The first-order valence-corrected chi connectivity index (χ1v) is 11.6. The molecule has 176 valence electrons. The summed E-state index contributed by atoms with van der Waals surface area (Å²) in [5.41, 5.74) is 1.63. The van der Waals surface area contributed by atoms with Crippen LogP contribution in [-0.2, 0) is 9.59 Å². The molecule has 0 bridgehead atoms. The highest BCUT2D eigenvalue weighted by atomic mass is 32.2. The lowest BCUT2D eigenvalue weighted by atomic mass is 10.1. The summed E-state index contributed by atoms with van der Waals surface area (Å²) in [6.07, 6.45) is 0.784. The molecule has 3 aromatic rings. The Kier molecular flexibility index (Phi) is 8.31. The van der Waals surface area contributed by atoms with E-state index in [0.717, 1.165) is 11.8 Å². The van der Waals surface area contributed by atoms with E-state index in [1.807, 2.05) is 6.92 Å². The average molecular weight is 480 g/mol. The third-order valence-corrected chi connectivity index (χ3v) is 6.17. The Morgan fingerprint density at radius 1 is 1.00 bits per heavy atom. The molecule has 2 amide bonds. The molecule has 1 atom stereocenters. The Morgan fingerprint density at radius 2 is 1.71 bits per heavy atom. The molecule has 0 spiro atoms. The first-order valence-electron chi connectivity index (χ1n) is 10.8. The number of nitrogens with zero attached hydrogens (tertiary/aromatic N) is 2. The van der Waals surface area contributed by atoms with Gasteiger partial charge in [0.25, 0.3) is 5.56 Å². The van der Waals surface area contributed by atoms with Crippen molar-refractivity contribution >= 4 is 40.7 Å². The zero-order chi connectivity index (χ0) is 24.7. The van der Waals surface area contributed by atoms with Crippen LogP contribution in [0.5, 0.6) is 0 Å². The van der Waals surface area contributed by atoms with Crippen LogP contribution in [0, 0.1) is 0 Å². The number of ketones is 1. The Hall–Kier alpha value is -3.79. The molecule has 3 N–H and O–H groups in total. The smallest absolute Gasteiger partial charge is 0.278 e. The molecule has 0 aliphatic carbocycles. The normalized spacial score (nSPS) is 11.5. The fraction of sp³-hybridized carbons (Fsp3) is 0.250. The van der Waals surface area contributed by atoms with Gasteiger partial charge in [-0.15, -0.1) is 10.2 Å². The van der Waals surface area contributed by atoms with Crippen LogP contribution < -0.4 is 16.2 Å². The Bertz CT molecular complexity index is 1260. The summed E-state index contributed by atoms with van der Waals surface area (Å²) in [6.45, 7) is 5.06. The molecule has 1 aromatic heterocycles. The molecule has 10 heteroatoms. The van der Waals surface area contributed by atoms with E-state index in [-0.39, 0.29) is 28.4 Å². The number of Topliss-reactive ketones (excluding diaryl/α,β-unsaturated/α-hetero) is 1. The summed E-state index contributed by atoms with van der Waals surface area (Å²) >= 11 is 1.10. The molecule has 34 heavy (non-hydrogen) atoms. The number of hydrogen-bond acceptors (Lipinski definition) is 7. The molecule has 9 nitrogen and oxygen atoms in total. The largest absolute Gasteiger partial charge is 0.325 e. The van der Waals surface area contributed by atoms with E-state index < -0.39 is 10.8 Å². The van der Waals surface area contributed by atoms with Gasteiger partial charge < -0.3 is 10.6 Å². The van der Waals surface area contributed by atoms with E-state index in [4.69, 9.17) is 0 Å². The van der Waals surface area contributed by atoms with Crippen molar-refractivity contribution in [1.82, 2.24) is 15.2 Å². The number of rotatable bonds is 9. The minimum Gasteiger partial charge on any atom is -0.325 e. The van der Waals surface area contributed by atoms with Crippen LogP contribution in [-0.4, -0.2) is 38.0 Å². The molecule has 3 rings (SSSR count). The molecule has 2 aromatic carbocycles. The third kappa shape index (κ3) is 6.16. The number of amides is 2. The number of H-pyrrole nitrogens is 1. The first kappa shape index (κ1) is 24.8. The van der Waals surface area contributed by atoms with Crippen molar-refractivity contribution < 1.29 is 14.4 Å². The lowest BCUT2D eigenvalue weighted by molar-refractivity contribution is -0.116. The fourth-order valence-corrected chi connectivity index (χ4v) is 3.90. The highest BCUT2D eigenvalue weighted by Crippen LogP contribution is 2.26. The summed E-state index contributed by atoms with van der Waals surface area (Å²) in [5.74, 6) is -0.500. The zero-order valence-corrected chi connectivity index (χ0v) is 19.9. The number of para-hydroxylation sites is 1. The SMILES string of the molecule is CCC(=O)Nc1ccccc1-c1nnc(SC(CC)C(=O)Nc2ccc(C(C)=O)cc2)[nH]c1=O. The second-order valence-corrected chi connectivity index (χ2v) is 8.58. The van der Waals surface area contributed by atoms with Crippen molar-refractivity contribution in [2.75, 3.05) is 10.6 Å². The summed E-state index contributed by atoms with van der Waals surface area (Å²) in [6, 6.07) is 13.5. The molecule has 0 saturated heterocycles. The van der Waals surface area contributed by atoms with Crippen molar-refractivity contribution in [1.29, 1.82) is 0 Å². The topological polar surface area (TPSA) is 134 Å². The van der Waals surface area contributed by atoms with E-state index in [9.17, 15) is 19.2 Å². The number of benzene rings is 2. The van der Waals surface area contributed by atoms with Gasteiger partial charge in [0.05, 0.1) is 10.9 Å². The van der Waals surface area contributed by atoms with Gasteiger partial charge in [0.15, 0.2) is 16.6 Å². The van der Waals surface area contributed by atoms with Crippen molar-refractivity contribution in [3.63, 3.8) is 0 Å². The van der Waals surface area contributed by atoms with E-state index >= 15 is 0 Å². The molecule has 0 aliphatic heterocycles. The maximum atomic E-state index is 12.8. The lowest BCUT2D eigenvalue weighted by Crippen LogP contribution is -2.25. The van der Waals surface area contributed by atoms with Gasteiger partial charge in [-0.3, -0.25) is 24.2 Å². The van der Waals surface area contributed by atoms with Crippen LogP contribution in [0.4, 0.5) is 11.4 Å². The predicted octanol–water partition coefficient (Wildman–Crippen LogP) is 3.89. The minimum atomic E-state index is -0.528. The quantitative estimate of drug-likeness (QED) is 0.313. The van der Waals surface area contributed by atoms with Gasteiger partial charge in [-0.25, -0.2) is 0 Å². The lowest BCUT2D eigenvalue weighted by Gasteiger charge is -2.14. The number of carbonyl (C=O) groups excluding carboxylic acids is 3. The van der Waals surface area contributed by atoms with Crippen LogP contribution in [0.15, 0.2) is 58.5 Å². The second kappa shape index (κ2) is 11.4. The summed E-state index contributed by atoms with van der Waals surface area (Å²) in [5, 5.41) is 13.4. The van der Waals surface area contributed by atoms with Crippen LogP contribution in [0.3, 0.4) is 0 Å². The minimum absolute atomic E-state index is 0.0544. The Balaban J connectivity index is 1.75. The number of nitrogens with one attached hydrogen (secondary N) is 3. The van der Waals surface area contributed by atoms with Gasteiger partial charge in [-0.1, -0.05) is 43.8 Å². The standard InChI is InChI=1S/C24H25N5O4S/c1-4-19(22(32)25-16-12-10-15(11-13-16)14(3)30)34-24-27-23(33)21(28-29-24)17-8-6-7-9-18(17)26-20(31)5-2/h6-13,19H,4-5H2,1-3H3,(H,25,32)(H,26,31)(H,27,29,33). The summed E-state index contributed by atoms with van der Waals surface area (Å²) in [4.78, 5) is 51.4. The molecule has 0 fully saturated rings. The van der Waals surface area contributed by atoms with Gasteiger partial charge in [-0.05, 0) is 43.7 Å². The van der Waals surface area contributed by atoms with Crippen molar-refractivity contribution in [3.8, 4) is 11.3 Å². The number of aromatic amines is 1. The number of anilines is 2. The van der Waals surface area contributed by atoms with Gasteiger partial charge in [0.1, 0.15) is 0 Å². The molecule has 0 aliphatic rings. The van der Waals surface area contributed by atoms with E-state index in [0.29, 0.717) is 35.3 Å². The van der Waals surface area contributed by atoms with E-state index in [2.05, 4.69) is 25.8 Å². The molecular weight excluding hydrogens is 454 g/mol. The highest BCUT2D eigenvalue weighted by Gasteiger charge is 2.21. The van der Waals surface area contributed by atoms with Gasteiger partial charge in [0.2, 0.25) is 11.8 Å². The summed E-state index contributed by atoms with van der Waals surface area (Å²) < 4.78 is 0. The Morgan fingerprint density at radius 3 is 2.32 bits per heavy atom. The van der Waals surface area contributed by atoms with E-state index in [1.54, 1.807) is 55.5 Å². The zero-order valence-electron chi connectivity index (χ0n) is 19.0. The van der Waals surface area contributed by atoms with Crippen molar-refractivity contribution in [2.24, 2.45) is 0 Å². The van der Waals surface area contributed by atoms with Crippen molar-refractivity contribution in [2.45, 2.75) is 44.0 Å². The van der Waals surface area contributed by atoms with Crippen LogP contribution in [0.25, 0.3) is 11.3 Å². The van der Waals surface area contributed by atoms with Crippen LogP contribution in [0.1, 0.15) is 44.0 Å². The molecular formula is C24H25N5O4S. The maximum absolute atomic E-state index is 12.8. The number of hydrogen-bond donors (Lipinski definition) is 3. The maximum Gasteiger partial charge on any atom is 0.278 e. The van der Waals surface area contributed by atoms with Crippen LogP contribution >= 0.6 is 11.8 Å². The second-order valence-electron chi connectivity index (χ2n) is 7.39. The summed E-state index contributed by atoms with van der Waals surface area (Å²) in [7, 11) is 0. The predicted molar refractivity (Wildman–Crippen MR) is 132 cm³/mol. The van der Waals surface area contributed by atoms with Gasteiger partial charge in [0, 0.05) is 23.2 Å². The third-order valence-electron chi connectivity index (χ3n) is 4.93. The average Bonchev–Trinajstić information content (AvgIpc) is 2.83. The fourth-order valence-electron chi connectivity index (χ4n) is 3.06. The number of aromatic nitrogens is 3. The van der Waals surface area contributed by atoms with Gasteiger partial charge >= 0.3 is 0 Å². The monoisotopic (exact) mass is 479 g/mol.